The Balaban J connectivity index is 2.49. The molecule has 0 aliphatic carbocycles. The largest absolute Gasteiger partial charge is 0.391 e. The minimum absolute atomic E-state index is 0.158. The number of carbonyl (C=O) groups is 1. The second-order valence-electron chi connectivity index (χ2n) is 4.78. The predicted molar refractivity (Wildman–Crippen MR) is 73.2 cm³/mol. The van der Waals surface area contributed by atoms with Crippen molar-refractivity contribution in [2.45, 2.75) is 39.3 Å². The zero-order valence-electron chi connectivity index (χ0n) is 11.2. The van der Waals surface area contributed by atoms with Crippen molar-refractivity contribution in [1.82, 2.24) is 5.32 Å². The van der Waals surface area contributed by atoms with Crippen LogP contribution in [0.4, 0.5) is 0 Å². The number of hydrogen-bond acceptors (Lipinski definition) is 2. The van der Waals surface area contributed by atoms with Crippen LogP contribution in [0.25, 0.3) is 0 Å². The van der Waals surface area contributed by atoms with Gasteiger partial charge in [-0.25, -0.2) is 0 Å². The van der Waals surface area contributed by atoms with E-state index in [9.17, 15) is 9.90 Å². The number of amides is 1. The molecule has 0 spiro atoms. The zero-order chi connectivity index (χ0) is 13.5. The Labute approximate surface area is 109 Å². The Kier molecular flexibility index (Phi) is 5.59. The van der Waals surface area contributed by atoms with Gasteiger partial charge >= 0.3 is 0 Å². The number of benzene rings is 1. The summed E-state index contributed by atoms with van der Waals surface area (Å²) in [6.45, 7) is 5.54. The summed E-state index contributed by atoms with van der Waals surface area (Å²) in [4.78, 5) is 11.5. The van der Waals surface area contributed by atoms with Gasteiger partial charge < -0.3 is 10.4 Å². The molecule has 98 valence electrons. The van der Waals surface area contributed by atoms with E-state index in [1.165, 1.54) is 6.08 Å². The SMILES string of the molecule is CC(C)=CC(=O)NC(C)C(O)Cc1ccccc1. The quantitative estimate of drug-likeness (QED) is 0.782. The van der Waals surface area contributed by atoms with Crippen molar-refractivity contribution in [1.29, 1.82) is 0 Å². The first kappa shape index (κ1) is 14.5. The van der Waals surface area contributed by atoms with Gasteiger partial charge in [-0.2, -0.15) is 0 Å². The number of aliphatic hydroxyl groups is 1. The van der Waals surface area contributed by atoms with Crippen LogP contribution in [0, 0.1) is 0 Å². The molecule has 2 unspecified atom stereocenters. The normalized spacial score (nSPS) is 13.6. The molecule has 2 atom stereocenters. The third kappa shape index (κ3) is 5.15. The zero-order valence-corrected chi connectivity index (χ0v) is 11.2. The molecule has 3 heteroatoms. The molecular weight excluding hydrogens is 226 g/mol. The molecule has 0 saturated heterocycles. The summed E-state index contributed by atoms with van der Waals surface area (Å²) in [6.07, 6.45) is 1.49. The Morgan fingerprint density at radius 2 is 1.94 bits per heavy atom. The van der Waals surface area contributed by atoms with E-state index in [-0.39, 0.29) is 11.9 Å². The lowest BCUT2D eigenvalue weighted by atomic mass is 10.0. The molecule has 0 aliphatic rings. The molecule has 1 amide bonds. The van der Waals surface area contributed by atoms with Crippen LogP contribution in [0.15, 0.2) is 42.0 Å². The number of nitrogens with one attached hydrogen (secondary N) is 1. The highest BCUT2D eigenvalue weighted by molar-refractivity contribution is 5.88. The summed E-state index contributed by atoms with van der Waals surface area (Å²) in [7, 11) is 0. The number of rotatable bonds is 5. The van der Waals surface area contributed by atoms with E-state index in [1.807, 2.05) is 51.1 Å². The molecule has 1 aromatic rings. The highest BCUT2D eigenvalue weighted by Gasteiger charge is 2.15. The van der Waals surface area contributed by atoms with Crippen molar-refractivity contribution in [3.63, 3.8) is 0 Å². The summed E-state index contributed by atoms with van der Waals surface area (Å²) >= 11 is 0. The van der Waals surface area contributed by atoms with Crippen molar-refractivity contribution in [3.8, 4) is 0 Å². The standard InChI is InChI=1S/C15H21NO2/c1-11(2)9-15(18)16-12(3)14(17)10-13-7-5-4-6-8-13/h4-9,12,14,17H,10H2,1-3H3,(H,16,18). The molecule has 0 heterocycles. The van der Waals surface area contributed by atoms with E-state index in [0.717, 1.165) is 11.1 Å². The fourth-order valence-corrected chi connectivity index (χ4v) is 1.66. The molecular formula is C15H21NO2. The smallest absolute Gasteiger partial charge is 0.244 e. The van der Waals surface area contributed by atoms with E-state index in [0.29, 0.717) is 6.42 Å². The molecule has 1 rings (SSSR count). The fourth-order valence-electron chi connectivity index (χ4n) is 1.66. The predicted octanol–water partition coefficient (Wildman–Crippen LogP) is 2.06. The van der Waals surface area contributed by atoms with E-state index in [1.54, 1.807) is 0 Å². The summed E-state index contributed by atoms with van der Waals surface area (Å²) in [5.74, 6) is -0.158. The lowest BCUT2D eigenvalue weighted by Crippen LogP contribution is -2.41. The molecule has 2 N–H and O–H groups in total. The van der Waals surface area contributed by atoms with E-state index < -0.39 is 6.10 Å². The van der Waals surface area contributed by atoms with Gasteiger partial charge in [-0.05, 0) is 26.3 Å². The van der Waals surface area contributed by atoms with Crippen LogP contribution in [0.5, 0.6) is 0 Å². The maximum atomic E-state index is 11.5. The van der Waals surface area contributed by atoms with Gasteiger partial charge in [0.25, 0.3) is 0 Å². The monoisotopic (exact) mass is 247 g/mol. The molecule has 0 aliphatic heterocycles. The van der Waals surface area contributed by atoms with Crippen LogP contribution in [0.1, 0.15) is 26.3 Å². The summed E-state index contributed by atoms with van der Waals surface area (Å²) < 4.78 is 0. The van der Waals surface area contributed by atoms with Crippen LogP contribution in [0.3, 0.4) is 0 Å². The maximum absolute atomic E-state index is 11.5. The van der Waals surface area contributed by atoms with Gasteiger partial charge in [0.05, 0.1) is 12.1 Å². The van der Waals surface area contributed by atoms with Crippen LogP contribution in [-0.4, -0.2) is 23.2 Å². The lowest BCUT2D eigenvalue weighted by molar-refractivity contribution is -0.117. The van der Waals surface area contributed by atoms with Gasteiger partial charge in [-0.3, -0.25) is 4.79 Å². The molecule has 3 nitrogen and oxygen atoms in total. The van der Waals surface area contributed by atoms with Crippen molar-refractivity contribution in [3.05, 3.63) is 47.5 Å². The Morgan fingerprint density at radius 1 is 1.33 bits per heavy atom. The average Bonchev–Trinajstić information content (AvgIpc) is 2.28. The average molecular weight is 247 g/mol. The Bertz CT molecular complexity index is 408. The highest BCUT2D eigenvalue weighted by Crippen LogP contribution is 2.06. The van der Waals surface area contributed by atoms with E-state index in [2.05, 4.69) is 5.32 Å². The van der Waals surface area contributed by atoms with E-state index >= 15 is 0 Å². The van der Waals surface area contributed by atoms with Crippen molar-refractivity contribution >= 4 is 5.91 Å². The first-order valence-corrected chi connectivity index (χ1v) is 6.16. The summed E-state index contributed by atoms with van der Waals surface area (Å²) in [5.41, 5.74) is 2.01. The molecule has 1 aromatic carbocycles. The van der Waals surface area contributed by atoms with Gasteiger partial charge in [-0.1, -0.05) is 35.9 Å². The van der Waals surface area contributed by atoms with Crippen LogP contribution < -0.4 is 5.32 Å². The molecule has 0 fully saturated rings. The molecule has 0 saturated carbocycles. The van der Waals surface area contributed by atoms with Crippen LogP contribution in [-0.2, 0) is 11.2 Å². The first-order valence-electron chi connectivity index (χ1n) is 6.16. The Morgan fingerprint density at radius 3 is 2.50 bits per heavy atom. The van der Waals surface area contributed by atoms with Gasteiger partial charge in [0, 0.05) is 12.5 Å². The third-order valence-electron chi connectivity index (χ3n) is 2.65. The van der Waals surface area contributed by atoms with Crippen LogP contribution >= 0.6 is 0 Å². The molecule has 0 aromatic heterocycles. The summed E-state index contributed by atoms with van der Waals surface area (Å²) in [5, 5.41) is 12.8. The van der Waals surface area contributed by atoms with Gasteiger partial charge in [0.2, 0.25) is 5.91 Å². The third-order valence-corrected chi connectivity index (χ3v) is 2.65. The minimum atomic E-state index is -0.582. The number of allylic oxidation sites excluding steroid dienone is 1. The highest BCUT2D eigenvalue weighted by atomic mass is 16.3. The van der Waals surface area contributed by atoms with Gasteiger partial charge in [-0.15, -0.1) is 0 Å². The Hall–Kier alpha value is -1.61. The number of aliphatic hydroxyl groups excluding tert-OH is 1. The topological polar surface area (TPSA) is 49.3 Å². The second kappa shape index (κ2) is 6.97. The second-order valence-corrected chi connectivity index (χ2v) is 4.78. The van der Waals surface area contributed by atoms with E-state index in [4.69, 9.17) is 0 Å². The maximum Gasteiger partial charge on any atom is 0.244 e. The number of hydrogen-bond donors (Lipinski definition) is 2. The van der Waals surface area contributed by atoms with Gasteiger partial charge in [0.1, 0.15) is 0 Å². The lowest BCUT2D eigenvalue weighted by Gasteiger charge is -2.19. The van der Waals surface area contributed by atoms with Crippen molar-refractivity contribution in [2.24, 2.45) is 0 Å². The van der Waals surface area contributed by atoms with Crippen molar-refractivity contribution < 1.29 is 9.90 Å². The fraction of sp³-hybridized carbons (Fsp3) is 0.400. The minimum Gasteiger partial charge on any atom is -0.391 e. The first-order chi connectivity index (χ1) is 8.49. The van der Waals surface area contributed by atoms with Crippen LogP contribution in [0.2, 0.25) is 0 Å². The molecule has 18 heavy (non-hydrogen) atoms. The van der Waals surface area contributed by atoms with Gasteiger partial charge in [0.15, 0.2) is 0 Å². The molecule has 0 bridgehead atoms. The summed E-state index contributed by atoms with van der Waals surface area (Å²) in [6, 6.07) is 9.48. The number of carbonyl (C=O) groups excluding carboxylic acids is 1. The molecule has 0 radical (unpaired) electrons. The van der Waals surface area contributed by atoms with Crippen molar-refractivity contribution in [2.75, 3.05) is 0 Å².